The van der Waals surface area contributed by atoms with Gasteiger partial charge in [0.15, 0.2) is 11.3 Å². The highest BCUT2D eigenvalue weighted by molar-refractivity contribution is 6.03. The van der Waals surface area contributed by atoms with Crippen LogP contribution in [-0.2, 0) is 4.79 Å². The van der Waals surface area contributed by atoms with Gasteiger partial charge < -0.3 is 27.0 Å². The number of rotatable bonds is 8. The zero-order valence-electron chi connectivity index (χ0n) is 19.6. The Labute approximate surface area is 202 Å². The first-order chi connectivity index (χ1) is 17.0. The molecule has 0 saturated heterocycles. The van der Waals surface area contributed by atoms with Crippen molar-refractivity contribution in [2.45, 2.75) is 69.6 Å². The van der Waals surface area contributed by atoms with Crippen molar-refractivity contribution in [2.75, 3.05) is 16.0 Å². The van der Waals surface area contributed by atoms with Gasteiger partial charge in [-0.1, -0.05) is 0 Å². The van der Waals surface area contributed by atoms with Gasteiger partial charge in [0, 0.05) is 30.4 Å². The van der Waals surface area contributed by atoms with Crippen molar-refractivity contribution in [1.82, 2.24) is 29.9 Å². The van der Waals surface area contributed by atoms with Gasteiger partial charge in [-0.2, -0.15) is 0 Å². The number of aromatic nitrogens is 5. The standard InChI is InChI=1S/C23H30N10O2/c1-13(24)22(34)30-16-6-4-15(5-7-16)29-20-10-17(28-14-2-3-14)21-26-11-18(33(21)32-20)23(35)31-19-8-9-25-12-27-19/h8-16,28H,2-7,24H2,1H3,(H,29,32)(H,30,34)(H,25,27,31,35)/t13-,15?,16?/m1/s1. The highest BCUT2D eigenvalue weighted by Crippen LogP contribution is 2.30. The highest BCUT2D eigenvalue weighted by atomic mass is 16.2. The third-order valence-electron chi connectivity index (χ3n) is 6.30. The first-order valence-corrected chi connectivity index (χ1v) is 12.0. The number of hydrogen-bond acceptors (Lipinski definition) is 9. The second-order valence-corrected chi connectivity index (χ2v) is 9.28. The van der Waals surface area contributed by atoms with Crippen molar-refractivity contribution in [3.63, 3.8) is 0 Å². The van der Waals surface area contributed by atoms with E-state index in [1.165, 1.54) is 12.5 Å². The van der Waals surface area contributed by atoms with Gasteiger partial charge >= 0.3 is 0 Å². The molecule has 0 unspecified atom stereocenters. The van der Waals surface area contributed by atoms with Gasteiger partial charge in [0.25, 0.3) is 5.91 Å². The van der Waals surface area contributed by atoms with Gasteiger partial charge in [0.2, 0.25) is 5.91 Å². The molecule has 5 rings (SSSR count). The number of imidazole rings is 1. The molecule has 35 heavy (non-hydrogen) atoms. The van der Waals surface area contributed by atoms with Crippen molar-refractivity contribution in [2.24, 2.45) is 5.73 Å². The highest BCUT2D eigenvalue weighted by Gasteiger charge is 2.26. The molecule has 12 heteroatoms. The molecule has 2 aliphatic rings. The van der Waals surface area contributed by atoms with E-state index in [9.17, 15) is 9.59 Å². The lowest BCUT2D eigenvalue weighted by Gasteiger charge is -2.30. The Bertz CT molecular complexity index is 1200. The Hall–Kier alpha value is -3.80. The number of carbonyl (C=O) groups is 2. The van der Waals surface area contributed by atoms with Gasteiger partial charge in [-0.3, -0.25) is 9.59 Å². The van der Waals surface area contributed by atoms with Crippen LogP contribution in [0.4, 0.5) is 17.3 Å². The largest absolute Gasteiger partial charge is 0.379 e. The molecule has 12 nitrogen and oxygen atoms in total. The predicted molar refractivity (Wildman–Crippen MR) is 131 cm³/mol. The zero-order valence-corrected chi connectivity index (χ0v) is 19.6. The number of amides is 2. The molecular weight excluding hydrogens is 448 g/mol. The van der Waals surface area contributed by atoms with Crippen molar-refractivity contribution in [1.29, 1.82) is 0 Å². The van der Waals surface area contributed by atoms with Gasteiger partial charge in [0.1, 0.15) is 18.0 Å². The van der Waals surface area contributed by atoms with Crippen molar-refractivity contribution in [3.8, 4) is 0 Å². The molecule has 3 aromatic heterocycles. The summed E-state index contributed by atoms with van der Waals surface area (Å²) < 4.78 is 1.57. The maximum absolute atomic E-state index is 13.0. The number of nitrogens with zero attached hydrogens (tertiary/aromatic N) is 5. The first kappa shape index (κ1) is 23.0. The third-order valence-corrected chi connectivity index (χ3v) is 6.30. The Morgan fingerprint density at radius 3 is 2.43 bits per heavy atom. The monoisotopic (exact) mass is 478 g/mol. The molecule has 2 fully saturated rings. The molecule has 6 N–H and O–H groups in total. The number of carbonyl (C=O) groups excluding carboxylic acids is 2. The summed E-state index contributed by atoms with van der Waals surface area (Å²) in [5.74, 6) is 0.594. The van der Waals surface area contributed by atoms with Crippen LogP contribution in [-0.4, -0.2) is 60.5 Å². The van der Waals surface area contributed by atoms with Crippen LogP contribution in [0.1, 0.15) is 55.9 Å². The van der Waals surface area contributed by atoms with Gasteiger partial charge in [-0.05, 0) is 51.5 Å². The number of fused-ring (bicyclic) bond motifs is 1. The molecule has 2 aliphatic carbocycles. The molecule has 3 aromatic rings. The van der Waals surface area contributed by atoms with Crippen LogP contribution < -0.4 is 27.0 Å². The Morgan fingerprint density at radius 1 is 1.03 bits per heavy atom. The lowest BCUT2D eigenvalue weighted by atomic mass is 9.91. The van der Waals surface area contributed by atoms with E-state index >= 15 is 0 Å². The molecule has 0 radical (unpaired) electrons. The molecule has 0 aliphatic heterocycles. The molecule has 3 heterocycles. The van der Waals surface area contributed by atoms with Crippen LogP contribution in [0.25, 0.3) is 5.65 Å². The minimum atomic E-state index is -0.505. The van der Waals surface area contributed by atoms with E-state index in [4.69, 9.17) is 10.8 Å². The fourth-order valence-corrected chi connectivity index (χ4v) is 4.22. The van der Waals surface area contributed by atoms with Crippen molar-refractivity contribution < 1.29 is 9.59 Å². The SMILES string of the molecule is C[C@@H](N)C(=O)NC1CCC(Nc2cc(NC3CC3)c3ncc(C(=O)Nc4ccncn4)n3n2)CC1. The number of hydrogen-bond donors (Lipinski definition) is 5. The van der Waals surface area contributed by atoms with Crippen LogP contribution in [0.3, 0.4) is 0 Å². The maximum Gasteiger partial charge on any atom is 0.277 e. The van der Waals surface area contributed by atoms with Crippen molar-refractivity contribution >= 4 is 34.8 Å². The number of nitrogens with two attached hydrogens (primary N) is 1. The van der Waals surface area contributed by atoms with E-state index in [-0.39, 0.29) is 23.9 Å². The molecular formula is C23H30N10O2. The van der Waals surface area contributed by atoms with Crippen molar-refractivity contribution in [3.05, 3.63) is 36.5 Å². The fraction of sp³-hybridized carbons (Fsp3) is 0.478. The summed E-state index contributed by atoms with van der Waals surface area (Å²) in [6, 6.07) is 3.83. The Morgan fingerprint density at radius 2 is 1.74 bits per heavy atom. The topological polar surface area (TPSA) is 164 Å². The molecule has 0 bridgehead atoms. The summed E-state index contributed by atoms with van der Waals surface area (Å²) in [4.78, 5) is 37.2. The molecule has 0 spiro atoms. The average molecular weight is 479 g/mol. The van der Waals surface area contributed by atoms with Gasteiger partial charge in [-0.25, -0.2) is 19.5 Å². The lowest BCUT2D eigenvalue weighted by Crippen LogP contribution is -2.46. The predicted octanol–water partition coefficient (Wildman–Crippen LogP) is 1.53. The van der Waals surface area contributed by atoms with Crippen LogP contribution >= 0.6 is 0 Å². The lowest BCUT2D eigenvalue weighted by molar-refractivity contribution is -0.122. The summed E-state index contributed by atoms with van der Waals surface area (Å²) in [6.45, 7) is 1.69. The van der Waals surface area contributed by atoms with E-state index in [2.05, 4.69) is 36.2 Å². The quantitative estimate of drug-likeness (QED) is 0.323. The summed E-state index contributed by atoms with van der Waals surface area (Å²) in [7, 11) is 0. The molecule has 2 amide bonds. The number of anilines is 3. The van der Waals surface area contributed by atoms with Crippen LogP contribution in [0.2, 0.25) is 0 Å². The molecule has 0 aromatic carbocycles. The van der Waals surface area contributed by atoms with E-state index < -0.39 is 6.04 Å². The average Bonchev–Trinajstić information content (AvgIpc) is 3.56. The third kappa shape index (κ3) is 5.48. The number of nitrogens with one attached hydrogen (secondary N) is 4. The smallest absolute Gasteiger partial charge is 0.277 e. The van der Waals surface area contributed by atoms with Crippen LogP contribution in [0, 0.1) is 0 Å². The van der Waals surface area contributed by atoms with E-state index in [0.717, 1.165) is 44.2 Å². The Kier molecular flexibility index (Phi) is 6.45. The summed E-state index contributed by atoms with van der Waals surface area (Å²) in [6.07, 6.45) is 10.2. The molecule has 2 saturated carbocycles. The molecule has 1 atom stereocenters. The Balaban J connectivity index is 1.33. The zero-order chi connectivity index (χ0) is 24.4. The summed E-state index contributed by atoms with van der Waals surface area (Å²) in [5, 5.41) is 17.5. The maximum atomic E-state index is 13.0. The fourth-order valence-electron chi connectivity index (χ4n) is 4.22. The van der Waals surface area contributed by atoms with Gasteiger partial charge in [-0.15, -0.1) is 5.10 Å². The van der Waals surface area contributed by atoms with E-state index in [1.807, 2.05) is 6.07 Å². The first-order valence-electron chi connectivity index (χ1n) is 12.0. The second-order valence-electron chi connectivity index (χ2n) is 9.28. The minimum Gasteiger partial charge on any atom is -0.379 e. The molecule has 184 valence electrons. The van der Waals surface area contributed by atoms with Crippen LogP contribution in [0.5, 0.6) is 0 Å². The normalized spacial score (nSPS) is 20.7. The van der Waals surface area contributed by atoms with E-state index in [0.29, 0.717) is 29.0 Å². The van der Waals surface area contributed by atoms with Gasteiger partial charge in [0.05, 0.1) is 17.9 Å². The summed E-state index contributed by atoms with van der Waals surface area (Å²) >= 11 is 0. The van der Waals surface area contributed by atoms with Crippen LogP contribution in [0.15, 0.2) is 30.9 Å². The summed E-state index contributed by atoms with van der Waals surface area (Å²) in [5.41, 5.74) is 7.41. The second kappa shape index (κ2) is 9.82. The van der Waals surface area contributed by atoms with E-state index in [1.54, 1.807) is 23.7 Å². The minimum absolute atomic E-state index is 0.114.